The smallest absolute Gasteiger partial charge is 0.157 e. The van der Waals surface area contributed by atoms with Crippen molar-refractivity contribution in [2.75, 3.05) is 6.61 Å². The zero-order chi connectivity index (χ0) is 25.5. The van der Waals surface area contributed by atoms with Crippen molar-refractivity contribution in [3.05, 3.63) is 144 Å². The molecular formula is C32H32O5. The van der Waals surface area contributed by atoms with Crippen LogP contribution in [0.3, 0.4) is 0 Å². The Hall–Kier alpha value is -3.32. The average molecular weight is 497 g/mol. The third kappa shape index (κ3) is 5.67. The highest BCUT2D eigenvalue weighted by Gasteiger charge is 2.42. The summed E-state index contributed by atoms with van der Waals surface area (Å²) >= 11 is 0. The first kappa shape index (κ1) is 25.3. The first-order valence-electron chi connectivity index (χ1n) is 12.6. The lowest BCUT2D eigenvalue weighted by Crippen LogP contribution is -2.52. The molecule has 4 aromatic rings. The predicted octanol–water partition coefficient (Wildman–Crippen LogP) is 5.05. The van der Waals surface area contributed by atoms with Crippen molar-refractivity contribution >= 4 is 0 Å². The predicted molar refractivity (Wildman–Crippen MR) is 142 cm³/mol. The Labute approximate surface area is 217 Å². The molecule has 0 aromatic heterocycles. The van der Waals surface area contributed by atoms with Crippen LogP contribution in [0.2, 0.25) is 0 Å². The number of aliphatic hydroxyl groups is 2. The summed E-state index contributed by atoms with van der Waals surface area (Å²) in [6, 6.07) is 39.9. The fourth-order valence-corrected chi connectivity index (χ4v) is 4.97. The Morgan fingerprint density at radius 1 is 0.676 bits per heavy atom. The van der Waals surface area contributed by atoms with Gasteiger partial charge in [0.25, 0.3) is 0 Å². The molecule has 1 aliphatic rings. The van der Waals surface area contributed by atoms with Crippen LogP contribution in [0.15, 0.2) is 121 Å². The minimum atomic E-state index is -1.06. The number of ether oxygens (including phenoxy) is 3. The first-order chi connectivity index (χ1) is 18.2. The quantitative estimate of drug-likeness (QED) is 0.318. The second-order valence-electron chi connectivity index (χ2n) is 9.28. The second-order valence-corrected chi connectivity index (χ2v) is 9.28. The first-order valence-corrected chi connectivity index (χ1v) is 12.6. The van der Waals surface area contributed by atoms with Crippen LogP contribution >= 0.6 is 0 Å². The van der Waals surface area contributed by atoms with Crippen molar-refractivity contribution in [3.63, 3.8) is 0 Å². The van der Waals surface area contributed by atoms with Gasteiger partial charge in [-0.25, -0.2) is 0 Å². The van der Waals surface area contributed by atoms with E-state index in [9.17, 15) is 10.2 Å². The molecule has 37 heavy (non-hydrogen) atoms. The maximum absolute atomic E-state index is 11.2. The summed E-state index contributed by atoms with van der Waals surface area (Å²) < 4.78 is 18.6. The van der Waals surface area contributed by atoms with Crippen molar-refractivity contribution in [1.82, 2.24) is 0 Å². The summed E-state index contributed by atoms with van der Waals surface area (Å²) in [5.41, 5.74) is 2.91. The number of benzene rings is 4. The molecule has 1 saturated heterocycles. The molecule has 5 rings (SSSR count). The van der Waals surface area contributed by atoms with E-state index in [1.807, 2.05) is 121 Å². The highest BCUT2D eigenvalue weighted by Crippen LogP contribution is 2.41. The molecule has 5 nitrogen and oxygen atoms in total. The standard InChI is InChI=1S/C32H32O5/c33-30-21-28(35-22-24-13-5-1-6-14-24)31(34)29(37-30)23-36-32(25-15-7-2-8-16-25,26-17-9-3-10-18-26)27-19-11-4-12-20-27/h1-20,28-31,33-34H,21-23H2/t28-,29+,30-,31-/m0/s1. The normalized spacial score (nSPS) is 22.0. The summed E-state index contributed by atoms with van der Waals surface area (Å²) in [6.07, 6.45) is -3.20. The molecule has 1 aliphatic heterocycles. The van der Waals surface area contributed by atoms with Gasteiger partial charge < -0.3 is 24.4 Å². The van der Waals surface area contributed by atoms with Crippen LogP contribution in [0.4, 0.5) is 0 Å². The number of aliphatic hydroxyl groups excluding tert-OH is 2. The van der Waals surface area contributed by atoms with Crippen LogP contribution in [0, 0.1) is 0 Å². The van der Waals surface area contributed by atoms with E-state index in [1.165, 1.54) is 0 Å². The highest BCUT2D eigenvalue weighted by atomic mass is 16.6. The van der Waals surface area contributed by atoms with Gasteiger partial charge in [-0.1, -0.05) is 121 Å². The van der Waals surface area contributed by atoms with Gasteiger partial charge >= 0.3 is 0 Å². The zero-order valence-electron chi connectivity index (χ0n) is 20.6. The van der Waals surface area contributed by atoms with E-state index < -0.39 is 30.2 Å². The van der Waals surface area contributed by atoms with E-state index >= 15 is 0 Å². The van der Waals surface area contributed by atoms with Gasteiger partial charge in [-0.3, -0.25) is 0 Å². The van der Waals surface area contributed by atoms with E-state index in [0.29, 0.717) is 6.61 Å². The Balaban J connectivity index is 1.43. The van der Waals surface area contributed by atoms with Crippen molar-refractivity contribution in [2.45, 2.75) is 43.2 Å². The summed E-state index contributed by atoms with van der Waals surface area (Å²) in [5, 5.41) is 21.7. The highest BCUT2D eigenvalue weighted by molar-refractivity contribution is 5.47. The molecule has 0 unspecified atom stereocenters. The third-order valence-electron chi connectivity index (χ3n) is 6.84. The van der Waals surface area contributed by atoms with E-state index in [4.69, 9.17) is 14.2 Å². The Bertz CT molecular complexity index is 1120. The van der Waals surface area contributed by atoms with Crippen molar-refractivity contribution in [3.8, 4) is 0 Å². The minimum absolute atomic E-state index is 0.0438. The van der Waals surface area contributed by atoms with Gasteiger partial charge in [-0.15, -0.1) is 0 Å². The summed E-state index contributed by atoms with van der Waals surface area (Å²) in [5.74, 6) is 0. The van der Waals surface area contributed by atoms with Gasteiger partial charge in [-0.05, 0) is 22.3 Å². The molecular weight excluding hydrogens is 464 g/mol. The molecule has 0 saturated carbocycles. The molecule has 4 aromatic carbocycles. The molecule has 5 heteroatoms. The number of hydrogen-bond donors (Lipinski definition) is 2. The lowest BCUT2D eigenvalue weighted by Gasteiger charge is -2.41. The molecule has 0 spiro atoms. The minimum Gasteiger partial charge on any atom is -0.388 e. The largest absolute Gasteiger partial charge is 0.388 e. The van der Waals surface area contributed by atoms with E-state index in [1.54, 1.807) is 0 Å². The Morgan fingerprint density at radius 3 is 1.62 bits per heavy atom. The number of hydrogen-bond acceptors (Lipinski definition) is 5. The second kappa shape index (κ2) is 11.8. The van der Waals surface area contributed by atoms with Gasteiger partial charge in [0, 0.05) is 6.42 Å². The molecule has 2 N–H and O–H groups in total. The van der Waals surface area contributed by atoms with Crippen LogP contribution in [-0.2, 0) is 26.4 Å². The molecule has 1 fully saturated rings. The van der Waals surface area contributed by atoms with E-state index in [2.05, 4.69) is 0 Å². The van der Waals surface area contributed by atoms with Gasteiger partial charge in [0.05, 0.1) is 19.3 Å². The average Bonchev–Trinajstić information content (AvgIpc) is 2.96. The monoisotopic (exact) mass is 496 g/mol. The molecule has 0 radical (unpaired) electrons. The van der Waals surface area contributed by atoms with Crippen LogP contribution in [0.5, 0.6) is 0 Å². The summed E-state index contributed by atoms with van der Waals surface area (Å²) in [4.78, 5) is 0. The molecule has 1 heterocycles. The zero-order valence-corrected chi connectivity index (χ0v) is 20.6. The molecule has 0 amide bonds. The lowest BCUT2D eigenvalue weighted by molar-refractivity contribution is -0.257. The van der Waals surface area contributed by atoms with Crippen LogP contribution in [0.25, 0.3) is 0 Å². The van der Waals surface area contributed by atoms with Crippen molar-refractivity contribution in [1.29, 1.82) is 0 Å². The topological polar surface area (TPSA) is 68.2 Å². The van der Waals surface area contributed by atoms with E-state index in [0.717, 1.165) is 22.3 Å². The van der Waals surface area contributed by atoms with Crippen LogP contribution < -0.4 is 0 Å². The van der Waals surface area contributed by atoms with Gasteiger partial charge in [0.15, 0.2) is 6.29 Å². The number of rotatable bonds is 9. The Kier molecular flexibility index (Phi) is 8.09. The van der Waals surface area contributed by atoms with Crippen molar-refractivity contribution in [2.24, 2.45) is 0 Å². The maximum atomic E-state index is 11.2. The molecule has 0 bridgehead atoms. The lowest BCUT2D eigenvalue weighted by atomic mass is 9.80. The van der Waals surface area contributed by atoms with Crippen LogP contribution in [0.1, 0.15) is 28.7 Å². The van der Waals surface area contributed by atoms with Crippen LogP contribution in [-0.4, -0.2) is 41.4 Å². The maximum Gasteiger partial charge on any atom is 0.157 e. The summed E-state index contributed by atoms with van der Waals surface area (Å²) in [6.45, 7) is 0.382. The fourth-order valence-electron chi connectivity index (χ4n) is 4.97. The SMILES string of the molecule is O[C@H]1[C@@H](OCc2ccccc2)C[C@@H](O)O[C@@H]1COC(c1ccccc1)(c1ccccc1)c1ccccc1. The molecule has 4 atom stereocenters. The summed E-state index contributed by atoms with van der Waals surface area (Å²) in [7, 11) is 0. The molecule has 190 valence electrons. The van der Waals surface area contributed by atoms with Crippen molar-refractivity contribution < 1.29 is 24.4 Å². The van der Waals surface area contributed by atoms with Gasteiger partial charge in [0.1, 0.15) is 17.8 Å². The van der Waals surface area contributed by atoms with Gasteiger partial charge in [-0.2, -0.15) is 0 Å². The van der Waals surface area contributed by atoms with E-state index in [-0.39, 0.29) is 13.0 Å². The van der Waals surface area contributed by atoms with Gasteiger partial charge in [0.2, 0.25) is 0 Å². The molecule has 0 aliphatic carbocycles. The Morgan fingerprint density at radius 2 is 1.14 bits per heavy atom. The third-order valence-corrected chi connectivity index (χ3v) is 6.84. The fraction of sp³-hybridized carbons (Fsp3) is 0.250.